The van der Waals surface area contributed by atoms with Gasteiger partial charge in [-0.1, -0.05) is 0 Å². The van der Waals surface area contributed by atoms with Gasteiger partial charge in [0.1, 0.15) is 0 Å². The van der Waals surface area contributed by atoms with Crippen LogP contribution >= 0.6 is 11.3 Å². The number of likely N-dealkylation sites (tertiary alicyclic amines) is 1. The third-order valence-corrected chi connectivity index (χ3v) is 4.45. The fourth-order valence-electron chi connectivity index (χ4n) is 2.38. The molecule has 2 rings (SSSR count). The highest BCUT2D eigenvalue weighted by atomic mass is 32.1. The SMILES string of the molecule is Cc1ccc(C[C@@H](C)NC(=O)CCN2C(=O)CCC2=O)s1. The molecule has 1 fully saturated rings. The summed E-state index contributed by atoms with van der Waals surface area (Å²) < 4.78 is 0. The van der Waals surface area contributed by atoms with Crippen molar-refractivity contribution in [1.29, 1.82) is 0 Å². The largest absolute Gasteiger partial charge is 0.353 e. The van der Waals surface area contributed by atoms with Crippen LogP contribution in [0.3, 0.4) is 0 Å². The second-order valence-corrected chi connectivity index (χ2v) is 6.75. The molecule has 1 atom stereocenters. The Bertz CT molecular complexity index is 537. The number of amides is 3. The zero-order chi connectivity index (χ0) is 15.4. The Labute approximate surface area is 128 Å². The number of thiophene rings is 1. The number of imide groups is 1. The summed E-state index contributed by atoms with van der Waals surface area (Å²) in [7, 11) is 0. The number of nitrogens with one attached hydrogen (secondary N) is 1. The number of hydrogen-bond acceptors (Lipinski definition) is 4. The van der Waals surface area contributed by atoms with E-state index in [0.717, 1.165) is 6.42 Å². The molecule has 1 saturated heterocycles. The number of carbonyl (C=O) groups is 3. The van der Waals surface area contributed by atoms with E-state index >= 15 is 0 Å². The van der Waals surface area contributed by atoms with E-state index in [9.17, 15) is 14.4 Å². The first kappa shape index (κ1) is 15.7. The van der Waals surface area contributed by atoms with E-state index in [1.807, 2.05) is 6.92 Å². The Morgan fingerprint density at radius 1 is 1.33 bits per heavy atom. The van der Waals surface area contributed by atoms with Gasteiger partial charge in [0.25, 0.3) is 0 Å². The Kier molecular flexibility index (Phi) is 5.12. The molecule has 1 aliphatic rings. The minimum atomic E-state index is -0.171. The minimum absolute atomic E-state index is 0.0422. The van der Waals surface area contributed by atoms with Gasteiger partial charge in [-0.2, -0.15) is 0 Å². The molecule has 0 bridgehead atoms. The summed E-state index contributed by atoms with van der Waals surface area (Å²) in [6, 6.07) is 4.18. The lowest BCUT2D eigenvalue weighted by Crippen LogP contribution is -2.37. The van der Waals surface area contributed by atoms with E-state index in [-0.39, 0.29) is 49.6 Å². The highest BCUT2D eigenvalue weighted by Gasteiger charge is 2.28. The summed E-state index contributed by atoms with van der Waals surface area (Å²) >= 11 is 1.73. The van der Waals surface area contributed by atoms with Crippen LogP contribution in [0.15, 0.2) is 12.1 Å². The van der Waals surface area contributed by atoms with E-state index in [4.69, 9.17) is 0 Å². The molecule has 0 saturated carbocycles. The van der Waals surface area contributed by atoms with E-state index in [1.54, 1.807) is 11.3 Å². The molecule has 6 heteroatoms. The molecule has 3 amide bonds. The Balaban J connectivity index is 1.74. The van der Waals surface area contributed by atoms with Crippen LogP contribution in [0, 0.1) is 6.92 Å². The summed E-state index contributed by atoms with van der Waals surface area (Å²) in [4.78, 5) is 38.4. The Hall–Kier alpha value is -1.69. The summed E-state index contributed by atoms with van der Waals surface area (Å²) in [5, 5.41) is 2.91. The summed E-state index contributed by atoms with van der Waals surface area (Å²) in [5.74, 6) is -0.465. The summed E-state index contributed by atoms with van der Waals surface area (Å²) in [6.07, 6.45) is 1.51. The van der Waals surface area contributed by atoms with Gasteiger partial charge in [0.2, 0.25) is 17.7 Å². The molecule has 1 aliphatic heterocycles. The monoisotopic (exact) mass is 308 g/mol. The maximum Gasteiger partial charge on any atom is 0.229 e. The standard InChI is InChI=1S/C15H20N2O3S/c1-10(9-12-4-3-11(2)21-12)16-13(18)7-8-17-14(19)5-6-15(17)20/h3-4,10H,5-9H2,1-2H3,(H,16,18)/t10-/m1/s1. The predicted molar refractivity (Wildman–Crippen MR) is 80.9 cm³/mol. The van der Waals surface area contributed by atoms with E-state index in [0.29, 0.717) is 0 Å². The van der Waals surface area contributed by atoms with Gasteiger partial charge < -0.3 is 5.32 Å². The Morgan fingerprint density at radius 2 is 2.00 bits per heavy atom. The van der Waals surface area contributed by atoms with Crippen molar-refractivity contribution in [2.75, 3.05) is 6.54 Å². The van der Waals surface area contributed by atoms with Crippen LogP contribution in [-0.4, -0.2) is 35.2 Å². The van der Waals surface area contributed by atoms with Gasteiger partial charge in [-0.3, -0.25) is 19.3 Å². The lowest BCUT2D eigenvalue weighted by atomic mass is 10.2. The van der Waals surface area contributed by atoms with E-state index in [1.165, 1.54) is 14.7 Å². The molecular formula is C15H20N2O3S. The number of hydrogen-bond donors (Lipinski definition) is 1. The van der Waals surface area contributed by atoms with Gasteiger partial charge >= 0.3 is 0 Å². The average molecular weight is 308 g/mol. The zero-order valence-electron chi connectivity index (χ0n) is 12.3. The minimum Gasteiger partial charge on any atom is -0.353 e. The molecule has 0 radical (unpaired) electrons. The van der Waals surface area contributed by atoms with Crippen molar-refractivity contribution in [3.05, 3.63) is 21.9 Å². The molecule has 1 N–H and O–H groups in total. The van der Waals surface area contributed by atoms with Crippen molar-refractivity contribution in [2.24, 2.45) is 0 Å². The van der Waals surface area contributed by atoms with Gasteiger partial charge in [-0.25, -0.2) is 0 Å². The second-order valence-electron chi connectivity index (χ2n) is 5.37. The molecule has 21 heavy (non-hydrogen) atoms. The van der Waals surface area contributed by atoms with Gasteiger partial charge in [-0.15, -0.1) is 11.3 Å². The summed E-state index contributed by atoms with van der Waals surface area (Å²) in [6.45, 7) is 4.20. The molecule has 5 nitrogen and oxygen atoms in total. The molecule has 0 spiro atoms. The van der Waals surface area contributed by atoms with Crippen LogP contribution in [0.1, 0.15) is 35.9 Å². The van der Waals surface area contributed by atoms with Gasteiger partial charge in [-0.05, 0) is 26.0 Å². The fraction of sp³-hybridized carbons (Fsp3) is 0.533. The van der Waals surface area contributed by atoms with Crippen LogP contribution < -0.4 is 5.32 Å². The van der Waals surface area contributed by atoms with Crippen molar-refractivity contribution in [2.45, 2.75) is 45.6 Å². The van der Waals surface area contributed by atoms with Crippen molar-refractivity contribution in [3.63, 3.8) is 0 Å². The van der Waals surface area contributed by atoms with Crippen LogP contribution in [0.2, 0.25) is 0 Å². The van der Waals surface area contributed by atoms with Crippen molar-refractivity contribution >= 4 is 29.1 Å². The first-order chi connectivity index (χ1) is 9.95. The quantitative estimate of drug-likeness (QED) is 0.813. The van der Waals surface area contributed by atoms with Crippen LogP contribution in [0.25, 0.3) is 0 Å². The number of rotatable bonds is 6. The second kappa shape index (κ2) is 6.85. The average Bonchev–Trinajstić information content (AvgIpc) is 2.94. The first-order valence-electron chi connectivity index (χ1n) is 7.13. The van der Waals surface area contributed by atoms with Crippen molar-refractivity contribution < 1.29 is 14.4 Å². The van der Waals surface area contributed by atoms with Gasteiger partial charge in [0.05, 0.1) is 0 Å². The van der Waals surface area contributed by atoms with E-state index in [2.05, 4.69) is 24.4 Å². The molecule has 1 aromatic heterocycles. The topological polar surface area (TPSA) is 66.5 Å². The smallest absolute Gasteiger partial charge is 0.229 e. The van der Waals surface area contributed by atoms with Gasteiger partial charge in [0.15, 0.2) is 0 Å². The third kappa shape index (κ3) is 4.39. The molecule has 0 aliphatic carbocycles. The maximum absolute atomic E-state index is 11.9. The van der Waals surface area contributed by atoms with Crippen LogP contribution in [0.4, 0.5) is 0 Å². The fourth-order valence-corrected chi connectivity index (χ4v) is 3.40. The van der Waals surface area contributed by atoms with Crippen molar-refractivity contribution in [1.82, 2.24) is 10.2 Å². The van der Waals surface area contributed by atoms with Crippen LogP contribution in [-0.2, 0) is 20.8 Å². The molecular weight excluding hydrogens is 288 g/mol. The number of nitrogens with zero attached hydrogens (tertiary/aromatic N) is 1. The lowest BCUT2D eigenvalue weighted by molar-refractivity contribution is -0.138. The molecule has 114 valence electrons. The lowest BCUT2D eigenvalue weighted by Gasteiger charge is -2.16. The first-order valence-corrected chi connectivity index (χ1v) is 7.95. The number of carbonyl (C=O) groups excluding carboxylic acids is 3. The highest BCUT2D eigenvalue weighted by molar-refractivity contribution is 7.11. The molecule has 1 aromatic rings. The molecule has 2 heterocycles. The molecule has 0 aromatic carbocycles. The normalized spacial score (nSPS) is 16.4. The number of aryl methyl sites for hydroxylation is 1. The molecule has 0 unspecified atom stereocenters. The third-order valence-electron chi connectivity index (χ3n) is 3.43. The Morgan fingerprint density at radius 3 is 2.57 bits per heavy atom. The zero-order valence-corrected chi connectivity index (χ0v) is 13.2. The highest BCUT2D eigenvalue weighted by Crippen LogP contribution is 2.17. The maximum atomic E-state index is 11.9. The van der Waals surface area contributed by atoms with Crippen molar-refractivity contribution in [3.8, 4) is 0 Å². The predicted octanol–water partition coefficient (Wildman–Crippen LogP) is 1.64. The van der Waals surface area contributed by atoms with Crippen LogP contribution in [0.5, 0.6) is 0 Å². The summed E-state index contributed by atoms with van der Waals surface area (Å²) in [5.41, 5.74) is 0. The van der Waals surface area contributed by atoms with E-state index < -0.39 is 0 Å². The van der Waals surface area contributed by atoms with Gasteiger partial charge in [0, 0.05) is 48.0 Å².